The Hall–Kier alpha value is -1.65. The van der Waals surface area contributed by atoms with E-state index in [0.717, 1.165) is 12.1 Å². The van der Waals surface area contributed by atoms with Gasteiger partial charge in [-0.25, -0.2) is 13.6 Å². The standard InChI is InChI=1S/C12H15F2NO2/c1-6(2)7(3)15-11-9(13)4-8(12(16)17)5-10(11)14/h4-7,15H,1-3H3,(H,16,17). The lowest BCUT2D eigenvalue weighted by Crippen LogP contribution is -2.23. The number of nitrogens with one attached hydrogen (secondary N) is 1. The Bertz CT molecular complexity index is 410. The van der Waals surface area contributed by atoms with Gasteiger partial charge in [-0.15, -0.1) is 0 Å². The molecule has 1 unspecified atom stereocenters. The fraction of sp³-hybridized carbons (Fsp3) is 0.417. The first-order valence-corrected chi connectivity index (χ1v) is 5.31. The van der Waals surface area contributed by atoms with E-state index in [1.165, 1.54) is 0 Å². The minimum Gasteiger partial charge on any atom is -0.478 e. The predicted octanol–water partition coefficient (Wildman–Crippen LogP) is 3.12. The second kappa shape index (κ2) is 5.12. The first kappa shape index (κ1) is 13.4. The van der Waals surface area contributed by atoms with Crippen LogP contribution in [0, 0.1) is 17.6 Å². The molecule has 0 bridgehead atoms. The molecule has 0 heterocycles. The largest absolute Gasteiger partial charge is 0.478 e. The lowest BCUT2D eigenvalue weighted by atomic mass is 10.1. The van der Waals surface area contributed by atoms with Gasteiger partial charge in [0, 0.05) is 6.04 Å². The molecule has 0 aromatic heterocycles. The van der Waals surface area contributed by atoms with Crippen LogP contribution in [0.2, 0.25) is 0 Å². The predicted molar refractivity (Wildman–Crippen MR) is 61.2 cm³/mol. The number of anilines is 1. The van der Waals surface area contributed by atoms with Crippen LogP contribution in [0.1, 0.15) is 31.1 Å². The van der Waals surface area contributed by atoms with Crippen LogP contribution in [-0.2, 0) is 0 Å². The smallest absolute Gasteiger partial charge is 0.335 e. The van der Waals surface area contributed by atoms with Gasteiger partial charge in [-0.05, 0) is 25.0 Å². The summed E-state index contributed by atoms with van der Waals surface area (Å²) in [5.74, 6) is -2.94. The third kappa shape index (κ3) is 3.15. The van der Waals surface area contributed by atoms with Gasteiger partial charge in [0.1, 0.15) is 17.3 Å². The van der Waals surface area contributed by atoms with Crippen molar-refractivity contribution in [2.24, 2.45) is 5.92 Å². The van der Waals surface area contributed by atoms with Gasteiger partial charge in [0.25, 0.3) is 0 Å². The molecule has 0 spiro atoms. The van der Waals surface area contributed by atoms with E-state index in [9.17, 15) is 13.6 Å². The monoisotopic (exact) mass is 243 g/mol. The van der Waals surface area contributed by atoms with E-state index in [1.54, 1.807) is 6.92 Å². The number of hydrogen-bond acceptors (Lipinski definition) is 2. The molecule has 3 nitrogen and oxygen atoms in total. The highest BCUT2D eigenvalue weighted by Gasteiger charge is 2.17. The molecule has 0 aliphatic carbocycles. The minimum atomic E-state index is -1.36. The molecule has 17 heavy (non-hydrogen) atoms. The van der Waals surface area contributed by atoms with Crippen LogP contribution >= 0.6 is 0 Å². The first-order chi connectivity index (χ1) is 7.82. The fourth-order valence-electron chi connectivity index (χ4n) is 1.23. The first-order valence-electron chi connectivity index (χ1n) is 5.31. The van der Waals surface area contributed by atoms with Crippen LogP contribution in [0.4, 0.5) is 14.5 Å². The van der Waals surface area contributed by atoms with Crippen LogP contribution in [0.25, 0.3) is 0 Å². The number of rotatable bonds is 4. The molecule has 1 aromatic rings. The SMILES string of the molecule is CC(C)C(C)Nc1c(F)cc(C(=O)O)cc1F. The molecule has 0 saturated heterocycles. The van der Waals surface area contributed by atoms with Gasteiger partial charge >= 0.3 is 5.97 Å². The van der Waals surface area contributed by atoms with Gasteiger partial charge < -0.3 is 10.4 Å². The van der Waals surface area contributed by atoms with Gasteiger partial charge in [-0.3, -0.25) is 0 Å². The Labute approximate surface area is 98.5 Å². The molecule has 1 rings (SSSR count). The maximum atomic E-state index is 13.5. The van der Waals surface area contributed by atoms with Crippen molar-refractivity contribution < 1.29 is 18.7 Å². The summed E-state index contributed by atoms with van der Waals surface area (Å²) >= 11 is 0. The molecule has 0 fully saturated rings. The Morgan fingerprint density at radius 2 is 1.71 bits per heavy atom. The number of halogens is 2. The van der Waals surface area contributed by atoms with Gasteiger partial charge in [-0.1, -0.05) is 13.8 Å². The number of benzene rings is 1. The van der Waals surface area contributed by atoms with Gasteiger partial charge in [0.2, 0.25) is 0 Å². The van der Waals surface area contributed by atoms with Gasteiger partial charge in [-0.2, -0.15) is 0 Å². The normalized spacial score (nSPS) is 12.6. The average Bonchev–Trinajstić information content (AvgIpc) is 2.22. The molecule has 2 N–H and O–H groups in total. The summed E-state index contributed by atoms with van der Waals surface area (Å²) in [5.41, 5.74) is -0.682. The van der Waals surface area contributed by atoms with E-state index in [2.05, 4.69) is 5.32 Å². The second-order valence-electron chi connectivity index (χ2n) is 4.30. The molecular formula is C12H15F2NO2. The third-order valence-corrected chi connectivity index (χ3v) is 2.66. The third-order valence-electron chi connectivity index (χ3n) is 2.66. The summed E-state index contributed by atoms with van der Waals surface area (Å²) in [6.07, 6.45) is 0. The topological polar surface area (TPSA) is 49.3 Å². The molecular weight excluding hydrogens is 228 g/mol. The van der Waals surface area contributed by atoms with E-state index >= 15 is 0 Å². The minimum absolute atomic E-state index is 0.116. The Kier molecular flexibility index (Phi) is 4.04. The highest BCUT2D eigenvalue weighted by molar-refractivity contribution is 5.88. The molecule has 0 aliphatic heterocycles. The number of carbonyl (C=O) groups is 1. The Morgan fingerprint density at radius 1 is 1.24 bits per heavy atom. The molecule has 0 radical (unpaired) electrons. The van der Waals surface area contributed by atoms with Crippen molar-refractivity contribution in [2.75, 3.05) is 5.32 Å². The second-order valence-corrected chi connectivity index (χ2v) is 4.30. The molecule has 0 aliphatic rings. The number of carboxylic acids is 1. The van der Waals surface area contributed by atoms with Crippen LogP contribution in [-0.4, -0.2) is 17.1 Å². The molecule has 1 atom stereocenters. The van der Waals surface area contributed by atoms with Crippen molar-refractivity contribution in [3.8, 4) is 0 Å². The van der Waals surface area contributed by atoms with Crippen molar-refractivity contribution in [3.63, 3.8) is 0 Å². The summed E-state index contributed by atoms with van der Waals surface area (Å²) in [4.78, 5) is 10.6. The number of hydrogen-bond donors (Lipinski definition) is 2. The number of aromatic carboxylic acids is 1. The molecule has 5 heteroatoms. The zero-order valence-corrected chi connectivity index (χ0v) is 9.92. The zero-order chi connectivity index (χ0) is 13.2. The van der Waals surface area contributed by atoms with Crippen molar-refractivity contribution >= 4 is 11.7 Å². The van der Waals surface area contributed by atoms with E-state index < -0.39 is 23.2 Å². The van der Waals surface area contributed by atoms with Crippen LogP contribution in [0.3, 0.4) is 0 Å². The van der Waals surface area contributed by atoms with Crippen molar-refractivity contribution in [3.05, 3.63) is 29.3 Å². The molecule has 94 valence electrons. The average molecular weight is 243 g/mol. The zero-order valence-electron chi connectivity index (χ0n) is 9.92. The summed E-state index contributed by atoms with van der Waals surface area (Å²) in [5, 5.41) is 11.3. The Morgan fingerprint density at radius 3 is 2.06 bits per heavy atom. The Balaban J connectivity index is 3.06. The van der Waals surface area contributed by atoms with Gasteiger partial charge in [0.15, 0.2) is 0 Å². The van der Waals surface area contributed by atoms with Crippen LogP contribution in [0.5, 0.6) is 0 Å². The lowest BCUT2D eigenvalue weighted by molar-refractivity contribution is 0.0696. The van der Waals surface area contributed by atoms with Crippen molar-refractivity contribution in [1.29, 1.82) is 0 Å². The van der Waals surface area contributed by atoms with E-state index in [4.69, 9.17) is 5.11 Å². The molecule has 1 aromatic carbocycles. The van der Waals surface area contributed by atoms with Crippen LogP contribution < -0.4 is 5.32 Å². The summed E-state index contributed by atoms with van der Waals surface area (Å²) in [6.45, 7) is 5.63. The fourth-order valence-corrected chi connectivity index (χ4v) is 1.23. The summed E-state index contributed by atoms with van der Waals surface area (Å²) < 4.78 is 27.1. The maximum absolute atomic E-state index is 13.5. The maximum Gasteiger partial charge on any atom is 0.335 e. The quantitative estimate of drug-likeness (QED) is 0.854. The highest BCUT2D eigenvalue weighted by Crippen LogP contribution is 2.22. The highest BCUT2D eigenvalue weighted by atomic mass is 19.1. The van der Waals surface area contributed by atoms with E-state index in [0.29, 0.717) is 0 Å². The number of carboxylic acid groups (broad SMARTS) is 1. The van der Waals surface area contributed by atoms with Crippen molar-refractivity contribution in [1.82, 2.24) is 0 Å². The summed E-state index contributed by atoms with van der Waals surface area (Å²) in [6, 6.07) is 1.50. The summed E-state index contributed by atoms with van der Waals surface area (Å²) in [7, 11) is 0. The van der Waals surface area contributed by atoms with E-state index in [-0.39, 0.29) is 17.6 Å². The van der Waals surface area contributed by atoms with Crippen molar-refractivity contribution in [2.45, 2.75) is 26.8 Å². The molecule has 0 saturated carbocycles. The van der Waals surface area contributed by atoms with E-state index in [1.807, 2.05) is 13.8 Å². The molecule has 0 amide bonds. The van der Waals surface area contributed by atoms with Crippen LogP contribution in [0.15, 0.2) is 12.1 Å². The lowest BCUT2D eigenvalue weighted by Gasteiger charge is -2.19. The van der Waals surface area contributed by atoms with Gasteiger partial charge in [0.05, 0.1) is 5.56 Å².